The quantitative estimate of drug-likeness (QED) is 0.555. The van der Waals surface area contributed by atoms with Gasteiger partial charge in [0, 0.05) is 36.3 Å². The van der Waals surface area contributed by atoms with Crippen LogP contribution >= 0.6 is 0 Å². The van der Waals surface area contributed by atoms with Crippen LogP contribution in [0.3, 0.4) is 0 Å². The van der Waals surface area contributed by atoms with Gasteiger partial charge in [-0.2, -0.15) is 0 Å². The topological polar surface area (TPSA) is 75.2 Å². The summed E-state index contributed by atoms with van der Waals surface area (Å²) in [7, 11) is -3.39. The first-order chi connectivity index (χ1) is 16.4. The van der Waals surface area contributed by atoms with Gasteiger partial charge in [-0.3, -0.25) is 4.90 Å². The minimum atomic E-state index is -3.39. The highest BCUT2D eigenvalue weighted by molar-refractivity contribution is 7.88. The molecule has 6 nitrogen and oxygen atoms in total. The largest absolute Gasteiger partial charge is 0.298 e. The second-order valence-corrected chi connectivity index (χ2v) is 11.2. The van der Waals surface area contributed by atoms with Crippen molar-refractivity contribution in [2.45, 2.75) is 37.5 Å². The summed E-state index contributed by atoms with van der Waals surface area (Å²) >= 11 is 0. The SMILES string of the molecule is Cc1nc(-c2ccc(F)cc2)cc(C2CN3CCC2CC3CNS(=O)(=O)Cc2ccccc2)n1. The second-order valence-electron chi connectivity index (χ2n) is 9.37. The number of sulfonamides is 1. The standard InChI is InChI=1S/C26H29FN4O2S/c1-18-29-25(20-7-9-22(27)10-8-20)14-26(30-18)24-16-31-12-11-21(24)13-23(31)15-28-34(32,33)17-19-5-3-2-4-6-19/h2-10,14,21,23-24,28H,11-13,15-17H2,1H3. The maximum absolute atomic E-state index is 13.4. The van der Waals surface area contributed by atoms with E-state index in [0.717, 1.165) is 48.4 Å². The molecular formula is C26H29FN4O2S. The van der Waals surface area contributed by atoms with Gasteiger partial charge in [-0.25, -0.2) is 27.5 Å². The highest BCUT2D eigenvalue weighted by Gasteiger charge is 2.41. The molecule has 4 unspecified atom stereocenters. The van der Waals surface area contributed by atoms with Crippen LogP contribution in [0.15, 0.2) is 60.7 Å². The molecule has 4 heterocycles. The van der Waals surface area contributed by atoms with Crippen molar-refractivity contribution in [3.05, 3.63) is 83.6 Å². The zero-order valence-corrected chi connectivity index (χ0v) is 20.0. The van der Waals surface area contributed by atoms with E-state index in [1.54, 1.807) is 12.1 Å². The van der Waals surface area contributed by atoms with Crippen molar-refractivity contribution in [1.29, 1.82) is 0 Å². The Balaban J connectivity index is 1.26. The van der Waals surface area contributed by atoms with E-state index in [1.165, 1.54) is 12.1 Å². The number of aryl methyl sites for hydroxylation is 1. The lowest BCUT2D eigenvalue weighted by Crippen LogP contribution is -2.56. The number of benzene rings is 2. The maximum atomic E-state index is 13.4. The predicted molar refractivity (Wildman–Crippen MR) is 130 cm³/mol. The molecule has 0 radical (unpaired) electrons. The number of aromatic nitrogens is 2. The van der Waals surface area contributed by atoms with Crippen LogP contribution in [0.2, 0.25) is 0 Å². The lowest BCUT2D eigenvalue weighted by Gasteiger charge is -2.49. The molecule has 2 bridgehead atoms. The van der Waals surface area contributed by atoms with Crippen LogP contribution in [0, 0.1) is 18.7 Å². The minimum Gasteiger partial charge on any atom is -0.298 e. The Bertz CT molecular complexity index is 1250. The van der Waals surface area contributed by atoms with Crippen molar-refractivity contribution in [2.75, 3.05) is 19.6 Å². The van der Waals surface area contributed by atoms with Gasteiger partial charge in [-0.05, 0) is 68.1 Å². The van der Waals surface area contributed by atoms with Crippen LogP contribution in [-0.2, 0) is 15.8 Å². The average molecular weight is 481 g/mol. The molecule has 2 aromatic carbocycles. The summed E-state index contributed by atoms with van der Waals surface area (Å²) in [4.78, 5) is 11.7. The monoisotopic (exact) mass is 480 g/mol. The Morgan fingerprint density at radius 3 is 2.56 bits per heavy atom. The number of nitrogens with one attached hydrogen (secondary N) is 1. The maximum Gasteiger partial charge on any atom is 0.215 e. The predicted octanol–water partition coefficient (Wildman–Crippen LogP) is 3.89. The molecule has 3 aliphatic rings. The summed E-state index contributed by atoms with van der Waals surface area (Å²) < 4.78 is 41.4. The molecule has 178 valence electrons. The molecule has 3 aliphatic heterocycles. The summed E-state index contributed by atoms with van der Waals surface area (Å²) in [5.41, 5.74) is 3.49. The van der Waals surface area contributed by atoms with Gasteiger partial charge in [0.25, 0.3) is 0 Å². The van der Waals surface area contributed by atoms with Crippen molar-refractivity contribution in [3.8, 4) is 11.3 Å². The number of halogens is 1. The van der Waals surface area contributed by atoms with Crippen LogP contribution in [0.4, 0.5) is 4.39 Å². The Morgan fingerprint density at radius 2 is 1.85 bits per heavy atom. The summed E-state index contributed by atoms with van der Waals surface area (Å²) in [5, 5.41) is 0. The van der Waals surface area contributed by atoms with Crippen LogP contribution in [-0.4, -0.2) is 49.0 Å². The summed E-state index contributed by atoms with van der Waals surface area (Å²) in [6.45, 7) is 4.15. The van der Waals surface area contributed by atoms with Crippen molar-refractivity contribution in [1.82, 2.24) is 19.6 Å². The van der Waals surface area contributed by atoms with E-state index < -0.39 is 10.0 Å². The van der Waals surface area contributed by atoms with Gasteiger partial charge in [-0.1, -0.05) is 30.3 Å². The molecule has 34 heavy (non-hydrogen) atoms. The van der Waals surface area contributed by atoms with Gasteiger partial charge >= 0.3 is 0 Å². The van der Waals surface area contributed by atoms with Crippen molar-refractivity contribution in [3.63, 3.8) is 0 Å². The Hall–Kier alpha value is -2.68. The average Bonchev–Trinajstić information content (AvgIpc) is 2.83. The number of hydrogen-bond donors (Lipinski definition) is 1. The van der Waals surface area contributed by atoms with Crippen molar-refractivity contribution >= 4 is 10.0 Å². The van der Waals surface area contributed by atoms with Gasteiger partial charge < -0.3 is 0 Å². The normalized spacial score (nSPS) is 24.3. The molecular weight excluding hydrogens is 451 g/mol. The first kappa shape index (κ1) is 23.1. The molecule has 3 saturated heterocycles. The van der Waals surface area contributed by atoms with E-state index in [2.05, 4.69) is 14.6 Å². The van der Waals surface area contributed by atoms with E-state index in [-0.39, 0.29) is 23.5 Å². The number of piperidine rings is 3. The molecule has 3 aromatic rings. The molecule has 0 saturated carbocycles. The lowest BCUT2D eigenvalue weighted by molar-refractivity contribution is 0.0317. The molecule has 1 N–H and O–H groups in total. The summed E-state index contributed by atoms with van der Waals surface area (Å²) in [6.07, 6.45) is 2.01. The smallest absolute Gasteiger partial charge is 0.215 e. The fourth-order valence-corrected chi connectivity index (χ4v) is 6.48. The van der Waals surface area contributed by atoms with E-state index in [4.69, 9.17) is 4.98 Å². The molecule has 8 heteroatoms. The van der Waals surface area contributed by atoms with Gasteiger partial charge in [0.1, 0.15) is 11.6 Å². The molecule has 4 atom stereocenters. The summed E-state index contributed by atoms with van der Waals surface area (Å²) in [6, 6.07) is 17.9. The molecule has 6 rings (SSSR count). The fourth-order valence-electron chi connectivity index (χ4n) is 5.30. The van der Waals surface area contributed by atoms with Crippen molar-refractivity contribution in [2.24, 2.45) is 5.92 Å². The Labute approximate surface area is 200 Å². The first-order valence-corrected chi connectivity index (χ1v) is 13.4. The van der Waals surface area contributed by atoms with Crippen LogP contribution in [0.25, 0.3) is 11.3 Å². The highest BCUT2D eigenvalue weighted by Crippen LogP contribution is 2.41. The first-order valence-electron chi connectivity index (χ1n) is 11.7. The zero-order valence-electron chi connectivity index (χ0n) is 19.2. The van der Waals surface area contributed by atoms with Crippen LogP contribution in [0.5, 0.6) is 0 Å². The minimum absolute atomic E-state index is 0.00100. The van der Waals surface area contributed by atoms with Crippen molar-refractivity contribution < 1.29 is 12.8 Å². The van der Waals surface area contributed by atoms with Gasteiger partial charge in [0.05, 0.1) is 11.4 Å². The highest BCUT2D eigenvalue weighted by atomic mass is 32.2. The Morgan fingerprint density at radius 1 is 1.09 bits per heavy atom. The molecule has 3 fully saturated rings. The number of fused-ring (bicyclic) bond motifs is 3. The molecule has 0 amide bonds. The van der Waals surface area contributed by atoms with E-state index in [0.29, 0.717) is 18.3 Å². The third-order valence-corrected chi connectivity index (χ3v) is 8.31. The number of rotatable bonds is 7. The van der Waals surface area contributed by atoms with E-state index in [9.17, 15) is 12.8 Å². The fraction of sp³-hybridized carbons (Fsp3) is 0.385. The number of hydrogen-bond acceptors (Lipinski definition) is 5. The second kappa shape index (κ2) is 9.52. The number of nitrogens with zero attached hydrogens (tertiary/aromatic N) is 3. The third kappa shape index (κ3) is 5.19. The molecule has 1 aromatic heterocycles. The zero-order chi connectivity index (χ0) is 23.7. The molecule has 0 aliphatic carbocycles. The summed E-state index contributed by atoms with van der Waals surface area (Å²) in [5.74, 6) is 1.17. The van der Waals surface area contributed by atoms with Gasteiger partial charge in [0.2, 0.25) is 10.0 Å². The van der Waals surface area contributed by atoms with Crippen LogP contribution < -0.4 is 4.72 Å². The molecule has 0 spiro atoms. The van der Waals surface area contributed by atoms with E-state index >= 15 is 0 Å². The van der Waals surface area contributed by atoms with Crippen LogP contribution in [0.1, 0.15) is 35.8 Å². The van der Waals surface area contributed by atoms with Gasteiger partial charge in [0.15, 0.2) is 0 Å². The lowest BCUT2D eigenvalue weighted by atomic mass is 9.74. The van der Waals surface area contributed by atoms with Gasteiger partial charge in [-0.15, -0.1) is 0 Å². The van der Waals surface area contributed by atoms with E-state index in [1.807, 2.05) is 43.3 Å². The third-order valence-electron chi connectivity index (χ3n) is 6.99. The Kier molecular flexibility index (Phi) is 6.46.